The van der Waals surface area contributed by atoms with Gasteiger partial charge in [-0.25, -0.2) is 0 Å². The monoisotopic (exact) mass is 230 g/mol. The molecule has 0 aromatic rings. The van der Waals surface area contributed by atoms with Gasteiger partial charge in [0.1, 0.15) is 0 Å². The van der Waals surface area contributed by atoms with Crippen molar-refractivity contribution >= 4 is 17.9 Å². The number of methoxy groups -OCH3 is 1. The zero-order valence-electron chi connectivity index (χ0n) is 9.10. The molecule has 6 nitrogen and oxygen atoms in total. The number of ether oxygens (including phenoxy) is 1. The van der Waals surface area contributed by atoms with E-state index in [1.54, 1.807) is 0 Å². The Balaban J connectivity index is 2.96. The quantitative estimate of drug-likeness (QED) is 0.679. The molecule has 16 heavy (non-hydrogen) atoms. The number of hydrogen-bond acceptors (Lipinski definition) is 4. The topological polar surface area (TPSA) is 101 Å². The predicted molar refractivity (Wildman–Crippen MR) is 51.6 cm³/mol. The molecule has 1 aliphatic carbocycles. The Bertz CT molecular complexity index is 312. The van der Waals surface area contributed by atoms with Crippen LogP contribution in [0.15, 0.2) is 0 Å². The Hall–Kier alpha value is -1.59. The van der Waals surface area contributed by atoms with Gasteiger partial charge in [-0.3, -0.25) is 14.4 Å². The number of carboxylic acids is 2. The summed E-state index contributed by atoms with van der Waals surface area (Å²) in [7, 11) is 1.21. The van der Waals surface area contributed by atoms with Crippen molar-refractivity contribution in [1.82, 2.24) is 0 Å². The van der Waals surface area contributed by atoms with Gasteiger partial charge in [0, 0.05) is 0 Å². The molecule has 1 saturated carbocycles. The Morgan fingerprint density at radius 3 is 1.75 bits per heavy atom. The fraction of sp³-hybridized carbons (Fsp3) is 0.700. The van der Waals surface area contributed by atoms with E-state index in [9.17, 15) is 14.4 Å². The summed E-state index contributed by atoms with van der Waals surface area (Å²) in [5.74, 6) is -4.97. The van der Waals surface area contributed by atoms with Crippen LogP contribution in [0.25, 0.3) is 0 Å². The van der Waals surface area contributed by atoms with E-state index in [0.29, 0.717) is 0 Å². The molecule has 0 aliphatic heterocycles. The second-order valence-corrected chi connectivity index (χ2v) is 4.35. The maximum atomic E-state index is 11.5. The van der Waals surface area contributed by atoms with E-state index in [-0.39, 0.29) is 12.8 Å². The molecule has 0 heterocycles. The highest BCUT2D eigenvalue weighted by Gasteiger charge is 2.53. The van der Waals surface area contributed by atoms with Crippen molar-refractivity contribution in [2.45, 2.75) is 19.8 Å². The van der Waals surface area contributed by atoms with Crippen LogP contribution in [0.3, 0.4) is 0 Å². The SMILES string of the molecule is COC(=O)C1(C)CC(C(=O)O)C(C(=O)O)C1. The second-order valence-electron chi connectivity index (χ2n) is 4.35. The van der Waals surface area contributed by atoms with Crippen LogP contribution in [-0.2, 0) is 19.1 Å². The number of carbonyl (C=O) groups is 3. The van der Waals surface area contributed by atoms with E-state index >= 15 is 0 Å². The van der Waals surface area contributed by atoms with Gasteiger partial charge in [-0.2, -0.15) is 0 Å². The molecule has 0 radical (unpaired) electrons. The molecule has 0 saturated heterocycles. The molecular formula is C10H14O6. The fourth-order valence-electron chi connectivity index (χ4n) is 2.27. The van der Waals surface area contributed by atoms with Crippen LogP contribution in [0.5, 0.6) is 0 Å². The molecule has 0 aromatic carbocycles. The highest BCUT2D eigenvalue weighted by molar-refractivity contribution is 5.85. The van der Waals surface area contributed by atoms with E-state index < -0.39 is 35.2 Å². The number of esters is 1. The summed E-state index contributed by atoms with van der Waals surface area (Å²) in [6.07, 6.45) is 0.0119. The van der Waals surface area contributed by atoms with Gasteiger partial charge in [-0.1, -0.05) is 0 Å². The van der Waals surface area contributed by atoms with Crippen molar-refractivity contribution in [3.63, 3.8) is 0 Å². The Labute approximate surface area is 92.2 Å². The summed E-state index contributed by atoms with van der Waals surface area (Å²) in [6, 6.07) is 0. The van der Waals surface area contributed by atoms with E-state index in [1.165, 1.54) is 14.0 Å². The summed E-state index contributed by atoms with van der Waals surface area (Å²) >= 11 is 0. The third-order valence-electron chi connectivity index (χ3n) is 3.14. The highest BCUT2D eigenvalue weighted by atomic mass is 16.5. The largest absolute Gasteiger partial charge is 0.481 e. The van der Waals surface area contributed by atoms with Crippen molar-refractivity contribution in [1.29, 1.82) is 0 Å². The Morgan fingerprint density at radius 2 is 1.50 bits per heavy atom. The van der Waals surface area contributed by atoms with Crippen LogP contribution >= 0.6 is 0 Å². The number of rotatable bonds is 3. The van der Waals surface area contributed by atoms with E-state index in [0.717, 1.165) is 0 Å². The summed E-state index contributed by atoms with van der Waals surface area (Å²) in [6.45, 7) is 1.54. The number of aliphatic carboxylic acids is 2. The summed E-state index contributed by atoms with van der Waals surface area (Å²) in [5.41, 5.74) is -1.01. The minimum atomic E-state index is -1.18. The van der Waals surface area contributed by atoms with Crippen LogP contribution < -0.4 is 0 Å². The maximum Gasteiger partial charge on any atom is 0.311 e. The van der Waals surface area contributed by atoms with Crippen LogP contribution in [0, 0.1) is 17.3 Å². The average Bonchev–Trinajstić information content (AvgIpc) is 2.57. The van der Waals surface area contributed by atoms with Gasteiger partial charge in [0.2, 0.25) is 0 Å². The Kier molecular flexibility index (Phi) is 3.21. The van der Waals surface area contributed by atoms with Gasteiger partial charge in [-0.05, 0) is 19.8 Å². The molecule has 0 aromatic heterocycles. The summed E-state index contributed by atoms with van der Waals surface area (Å²) in [5, 5.41) is 17.8. The molecule has 2 N–H and O–H groups in total. The van der Waals surface area contributed by atoms with Crippen LogP contribution in [-0.4, -0.2) is 35.2 Å². The minimum absolute atomic E-state index is 0.00593. The fourth-order valence-corrected chi connectivity index (χ4v) is 2.27. The van der Waals surface area contributed by atoms with Crippen molar-refractivity contribution in [2.24, 2.45) is 17.3 Å². The highest BCUT2D eigenvalue weighted by Crippen LogP contribution is 2.46. The molecule has 1 aliphatic rings. The third kappa shape index (κ3) is 2.00. The van der Waals surface area contributed by atoms with Crippen LogP contribution in [0.1, 0.15) is 19.8 Å². The van der Waals surface area contributed by atoms with Crippen LogP contribution in [0.2, 0.25) is 0 Å². The maximum absolute atomic E-state index is 11.5. The first kappa shape index (κ1) is 12.5. The first-order valence-electron chi connectivity index (χ1n) is 4.86. The van der Waals surface area contributed by atoms with Gasteiger partial charge in [-0.15, -0.1) is 0 Å². The molecule has 1 rings (SSSR count). The van der Waals surface area contributed by atoms with Gasteiger partial charge < -0.3 is 14.9 Å². The molecule has 0 amide bonds. The minimum Gasteiger partial charge on any atom is -0.481 e. The summed E-state index contributed by atoms with van der Waals surface area (Å²) in [4.78, 5) is 33.3. The normalized spacial score (nSPS) is 33.4. The number of carbonyl (C=O) groups excluding carboxylic acids is 1. The molecule has 2 unspecified atom stereocenters. The van der Waals surface area contributed by atoms with Gasteiger partial charge >= 0.3 is 17.9 Å². The lowest BCUT2D eigenvalue weighted by atomic mass is 9.87. The standard InChI is InChI=1S/C10H14O6/c1-10(9(15)16-2)3-5(7(11)12)6(4-10)8(13)14/h5-6H,3-4H2,1-2H3,(H,11,12)(H,13,14). The number of carboxylic acid groups (broad SMARTS) is 2. The first-order valence-corrected chi connectivity index (χ1v) is 4.86. The predicted octanol–water partition coefficient (Wildman–Crippen LogP) is 0.361. The lowest BCUT2D eigenvalue weighted by Gasteiger charge is -2.19. The molecular weight excluding hydrogens is 216 g/mol. The molecule has 90 valence electrons. The van der Waals surface area contributed by atoms with Gasteiger partial charge in [0.15, 0.2) is 0 Å². The smallest absolute Gasteiger partial charge is 0.311 e. The van der Waals surface area contributed by atoms with Gasteiger partial charge in [0.05, 0.1) is 24.4 Å². The molecule has 2 atom stereocenters. The summed E-state index contributed by atoms with van der Waals surface area (Å²) < 4.78 is 4.57. The number of hydrogen-bond donors (Lipinski definition) is 2. The lowest BCUT2D eigenvalue weighted by molar-refractivity contribution is -0.152. The van der Waals surface area contributed by atoms with E-state index in [2.05, 4.69) is 4.74 Å². The molecule has 0 spiro atoms. The van der Waals surface area contributed by atoms with Crippen molar-refractivity contribution < 1.29 is 29.3 Å². The van der Waals surface area contributed by atoms with Crippen molar-refractivity contribution in [3.05, 3.63) is 0 Å². The molecule has 1 fully saturated rings. The molecule has 0 bridgehead atoms. The Morgan fingerprint density at radius 1 is 1.12 bits per heavy atom. The average molecular weight is 230 g/mol. The first-order chi connectivity index (χ1) is 7.31. The zero-order valence-corrected chi connectivity index (χ0v) is 9.10. The lowest BCUT2D eigenvalue weighted by Crippen LogP contribution is -2.27. The van der Waals surface area contributed by atoms with Crippen molar-refractivity contribution in [2.75, 3.05) is 7.11 Å². The second kappa shape index (κ2) is 4.11. The van der Waals surface area contributed by atoms with E-state index in [4.69, 9.17) is 10.2 Å². The van der Waals surface area contributed by atoms with Crippen LogP contribution in [0.4, 0.5) is 0 Å². The van der Waals surface area contributed by atoms with Gasteiger partial charge in [0.25, 0.3) is 0 Å². The van der Waals surface area contributed by atoms with Crippen molar-refractivity contribution in [3.8, 4) is 0 Å². The molecule has 6 heteroatoms. The third-order valence-corrected chi connectivity index (χ3v) is 3.14. The zero-order chi connectivity index (χ0) is 12.5. The van der Waals surface area contributed by atoms with E-state index in [1.807, 2.05) is 0 Å².